The van der Waals surface area contributed by atoms with Crippen molar-refractivity contribution < 1.29 is 9.59 Å². The van der Waals surface area contributed by atoms with Gasteiger partial charge >= 0.3 is 0 Å². The second-order valence-electron chi connectivity index (χ2n) is 10.7. The highest BCUT2D eigenvalue weighted by Crippen LogP contribution is 2.21. The van der Waals surface area contributed by atoms with Crippen molar-refractivity contribution in [2.24, 2.45) is 0 Å². The van der Waals surface area contributed by atoms with E-state index in [4.69, 9.17) is 0 Å². The zero-order chi connectivity index (χ0) is 26.2. The second kappa shape index (κ2) is 12.7. The van der Waals surface area contributed by atoms with Crippen LogP contribution in [0.25, 0.3) is 0 Å². The first kappa shape index (κ1) is 26.7. The molecule has 1 aliphatic rings. The molecule has 1 atom stereocenters. The summed E-state index contributed by atoms with van der Waals surface area (Å²) in [5.74, 6) is -0.0682. The molecule has 1 saturated carbocycles. The van der Waals surface area contributed by atoms with Crippen LogP contribution in [0, 0.1) is 20.8 Å². The molecule has 37 heavy (non-hydrogen) atoms. The van der Waals surface area contributed by atoms with Crippen LogP contribution in [0.4, 0.5) is 0 Å². The predicted molar refractivity (Wildman–Crippen MR) is 150 cm³/mol. The molecule has 0 spiro atoms. The Morgan fingerprint density at radius 2 is 1.54 bits per heavy atom. The van der Waals surface area contributed by atoms with Crippen LogP contribution in [0.3, 0.4) is 0 Å². The van der Waals surface area contributed by atoms with Gasteiger partial charge in [0, 0.05) is 19.0 Å². The molecule has 3 aromatic rings. The molecule has 0 bridgehead atoms. The maximum absolute atomic E-state index is 14.0. The SMILES string of the molecule is Cc1cccc(CN(C(=O)Cc2ccc(C)c(C)c2)C(Cc2ccccc2)C(=O)NC2CCCCC2)c1. The van der Waals surface area contributed by atoms with Crippen molar-refractivity contribution >= 4 is 11.8 Å². The summed E-state index contributed by atoms with van der Waals surface area (Å²) in [5, 5.41) is 3.32. The van der Waals surface area contributed by atoms with Gasteiger partial charge < -0.3 is 10.2 Å². The van der Waals surface area contributed by atoms with Crippen molar-refractivity contribution in [1.29, 1.82) is 0 Å². The van der Waals surface area contributed by atoms with Gasteiger partial charge in [0.05, 0.1) is 6.42 Å². The first-order valence-corrected chi connectivity index (χ1v) is 13.6. The number of benzene rings is 3. The summed E-state index contributed by atoms with van der Waals surface area (Å²) in [6.45, 7) is 6.61. The van der Waals surface area contributed by atoms with Crippen molar-refractivity contribution in [1.82, 2.24) is 10.2 Å². The first-order chi connectivity index (χ1) is 17.9. The fourth-order valence-corrected chi connectivity index (χ4v) is 5.30. The van der Waals surface area contributed by atoms with Crippen LogP contribution < -0.4 is 5.32 Å². The van der Waals surface area contributed by atoms with E-state index in [0.717, 1.165) is 47.9 Å². The van der Waals surface area contributed by atoms with E-state index in [-0.39, 0.29) is 24.3 Å². The Kier molecular flexibility index (Phi) is 9.16. The number of nitrogens with zero attached hydrogens (tertiary/aromatic N) is 1. The minimum atomic E-state index is -0.580. The predicted octanol–water partition coefficient (Wildman–Crippen LogP) is 6.24. The standard InChI is InChI=1S/C33H40N2O2/c1-24-11-10-14-29(19-24)23-35(32(36)22-28-18-17-25(2)26(3)20-28)31(21-27-12-6-4-7-13-27)33(37)34-30-15-8-5-9-16-30/h4,6-7,10-14,17-20,30-31H,5,8-9,15-16,21-23H2,1-3H3,(H,34,37). The molecule has 1 unspecified atom stereocenters. The Labute approximate surface area is 222 Å². The van der Waals surface area contributed by atoms with Gasteiger partial charge in [0.2, 0.25) is 11.8 Å². The Morgan fingerprint density at radius 1 is 0.811 bits per heavy atom. The molecule has 1 aliphatic carbocycles. The summed E-state index contributed by atoms with van der Waals surface area (Å²) >= 11 is 0. The van der Waals surface area contributed by atoms with Gasteiger partial charge in [-0.25, -0.2) is 0 Å². The number of hydrogen-bond donors (Lipinski definition) is 1. The highest BCUT2D eigenvalue weighted by Gasteiger charge is 2.32. The Bertz CT molecular complexity index is 1200. The van der Waals surface area contributed by atoms with E-state index in [9.17, 15) is 9.59 Å². The molecule has 0 aliphatic heterocycles. The van der Waals surface area contributed by atoms with Gasteiger partial charge in [-0.05, 0) is 61.4 Å². The van der Waals surface area contributed by atoms with Crippen LogP contribution >= 0.6 is 0 Å². The number of amides is 2. The van der Waals surface area contributed by atoms with Gasteiger partial charge in [-0.15, -0.1) is 0 Å². The molecule has 194 valence electrons. The number of aryl methyl sites for hydroxylation is 3. The minimum absolute atomic E-state index is 0.0236. The summed E-state index contributed by atoms with van der Waals surface area (Å²) in [7, 11) is 0. The third-order valence-electron chi connectivity index (χ3n) is 7.58. The highest BCUT2D eigenvalue weighted by atomic mass is 16.2. The van der Waals surface area contributed by atoms with Crippen molar-refractivity contribution in [3.63, 3.8) is 0 Å². The van der Waals surface area contributed by atoms with Gasteiger partial charge in [0.25, 0.3) is 0 Å². The minimum Gasteiger partial charge on any atom is -0.352 e. The lowest BCUT2D eigenvalue weighted by molar-refractivity contribution is -0.141. The third-order valence-corrected chi connectivity index (χ3v) is 7.58. The third kappa shape index (κ3) is 7.55. The van der Waals surface area contributed by atoms with Crippen molar-refractivity contribution in [2.45, 2.75) is 84.3 Å². The van der Waals surface area contributed by atoms with Gasteiger partial charge in [-0.3, -0.25) is 9.59 Å². The number of nitrogens with one attached hydrogen (secondary N) is 1. The van der Waals surface area contributed by atoms with Crippen LogP contribution in [-0.2, 0) is 29.0 Å². The summed E-state index contributed by atoms with van der Waals surface area (Å²) in [5.41, 5.74) is 6.60. The van der Waals surface area contributed by atoms with E-state index < -0.39 is 6.04 Å². The normalized spacial score (nSPS) is 14.7. The molecule has 0 aromatic heterocycles. The van der Waals surface area contributed by atoms with Gasteiger partial charge in [0.1, 0.15) is 6.04 Å². The number of carbonyl (C=O) groups excluding carboxylic acids is 2. The van der Waals surface area contributed by atoms with Crippen molar-refractivity contribution in [3.05, 3.63) is 106 Å². The molecular weight excluding hydrogens is 456 g/mol. The Balaban J connectivity index is 1.66. The summed E-state index contributed by atoms with van der Waals surface area (Å²) in [4.78, 5) is 29.7. The summed E-state index contributed by atoms with van der Waals surface area (Å²) < 4.78 is 0. The van der Waals surface area contributed by atoms with Crippen LogP contribution in [0.2, 0.25) is 0 Å². The molecule has 1 fully saturated rings. The fourth-order valence-electron chi connectivity index (χ4n) is 5.30. The largest absolute Gasteiger partial charge is 0.352 e. The molecule has 1 N–H and O–H groups in total. The van der Waals surface area contributed by atoms with Crippen LogP contribution in [0.5, 0.6) is 0 Å². The highest BCUT2D eigenvalue weighted by molar-refractivity contribution is 5.89. The van der Waals surface area contributed by atoms with Crippen LogP contribution in [-0.4, -0.2) is 28.8 Å². The quantitative estimate of drug-likeness (QED) is 0.381. The topological polar surface area (TPSA) is 49.4 Å². The van der Waals surface area contributed by atoms with E-state index in [0.29, 0.717) is 13.0 Å². The van der Waals surface area contributed by atoms with Gasteiger partial charge in [0.15, 0.2) is 0 Å². The average molecular weight is 497 g/mol. The van der Waals surface area contributed by atoms with E-state index in [1.165, 1.54) is 17.5 Å². The molecule has 4 heteroatoms. The zero-order valence-corrected chi connectivity index (χ0v) is 22.5. The van der Waals surface area contributed by atoms with E-state index in [1.54, 1.807) is 0 Å². The second-order valence-corrected chi connectivity index (χ2v) is 10.7. The van der Waals surface area contributed by atoms with Crippen molar-refractivity contribution in [3.8, 4) is 0 Å². The molecule has 4 nitrogen and oxygen atoms in total. The van der Waals surface area contributed by atoms with Gasteiger partial charge in [-0.1, -0.05) is 97.6 Å². The maximum Gasteiger partial charge on any atom is 0.243 e. The molecule has 2 amide bonds. The van der Waals surface area contributed by atoms with E-state index in [2.05, 4.69) is 50.4 Å². The monoisotopic (exact) mass is 496 g/mol. The molecule has 0 heterocycles. The van der Waals surface area contributed by atoms with Crippen molar-refractivity contribution in [2.75, 3.05) is 0 Å². The zero-order valence-electron chi connectivity index (χ0n) is 22.5. The fraction of sp³-hybridized carbons (Fsp3) is 0.394. The molecule has 4 rings (SSSR count). The number of hydrogen-bond acceptors (Lipinski definition) is 2. The van der Waals surface area contributed by atoms with Crippen LogP contribution in [0.15, 0.2) is 72.8 Å². The molecule has 0 saturated heterocycles. The molecule has 3 aromatic carbocycles. The molecular formula is C33H40N2O2. The average Bonchev–Trinajstić information content (AvgIpc) is 2.89. The Morgan fingerprint density at radius 3 is 2.24 bits per heavy atom. The summed E-state index contributed by atoms with van der Waals surface area (Å²) in [6.07, 6.45) is 6.31. The lowest BCUT2D eigenvalue weighted by Gasteiger charge is -2.33. The first-order valence-electron chi connectivity index (χ1n) is 13.6. The molecule has 0 radical (unpaired) electrons. The summed E-state index contributed by atoms with van der Waals surface area (Å²) in [6, 6.07) is 24.1. The Hall–Kier alpha value is -3.40. The lowest BCUT2D eigenvalue weighted by Crippen LogP contribution is -2.53. The lowest BCUT2D eigenvalue weighted by atomic mass is 9.94. The van der Waals surface area contributed by atoms with E-state index in [1.807, 2.05) is 53.4 Å². The number of rotatable bonds is 9. The smallest absolute Gasteiger partial charge is 0.243 e. The number of carbonyl (C=O) groups is 2. The van der Waals surface area contributed by atoms with Gasteiger partial charge in [-0.2, -0.15) is 0 Å². The van der Waals surface area contributed by atoms with E-state index >= 15 is 0 Å². The van der Waals surface area contributed by atoms with Crippen LogP contribution in [0.1, 0.15) is 65.5 Å². The maximum atomic E-state index is 14.0.